The lowest BCUT2D eigenvalue weighted by molar-refractivity contribution is -0.111. The predicted octanol–water partition coefficient (Wildman–Crippen LogP) is 1.20. The fourth-order valence-electron chi connectivity index (χ4n) is 2.66. The van der Waals surface area contributed by atoms with Crippen LogP contribution in [0, 0.1) is 0 Å². The minimum atomic E-state index is -0.210. The van der Waals surface area contributed by atoms with Crippen LogP contribution < -0.4 is 21.2 Å². The Balaban J connectivity index is 1.81. The summed E-state index contributed by atoms with van der Waals surface area (Å²) < 4.78 is 5.24. The van der Waals surface area contributed by atoms with Gasteiger partial charge < -0.3 is 15.8 Å². The number of nitrogens with two attached hydrogens (primary N) is 2. The first kappa shape index (κ1) is 18.1. The van der Waals surface area contributed by atoms with Gasteiger partial charge in [-0.2, -0.15) is 0 Å². The van der Waals surface area contributed by atoms with E-state index in [9.17, 15) is 4.79 Å². The highest BCUT2D eigenvalue weighted by Gasteiger charge is 2.17. The summed E-state index contributed by atoms with van der Waals surface area (Å²) in [5.74, 6) is 0.484. The molecule has 6 heteroatoms. The van der Waals surface area contributed by atoms with Gasteiger partial charge in [0.1, 0.15) is 5.75 Å². The second-order valence-electron chi connectivity index (χ2n) is 5.99. The Kier molecular flexibility index (Phi) is 5.47. The van der Waals surface area contributed by atoms with Crippen molar-refractivity contribution in [3.05, 3.63) is 89.2 Å². The molecule has 6 nitrogen and oxygen atoms in total. The molecular weight excluding hydrogens is 340 g/mol. The first-order valence-corrected chi connectivity index (χ1v) is 8.42. The molecule has 0 saturated carbocycles. The maximum Gasteiger partial charge on any atom is 0.251 e. The van der Waals surface area contributed by atoms with Gasteiger partial charge in [0.15, 0.2) is 0 Å². The molecule has 0 unspecified atom stereocenters. The van der Waals surface area contributed by atoms with Crippen LogP contribution in [0.15, 0.2) is 67.0 Å². The molecule has 0 bridgehead atoms. The normalized spacial score (nSPS) is 10.3. The summed E-state index contributed by atoms with van der Waals surface area (Å²) in [6.07, 6.45) is 3.40. The zero-order valence-electron chi connectivity index (χ0n) is 15.0. The van der Waals surface area contributed by atoms with E-state index < -0.39 is 0 Å². The number of benzene rings is 2. The maximum absolute atomic E-state index is 12.5. The van der Waals surface area contributed by atoms with Crippen LogP contribution in [0.4, 0.5) is 5.69 Å². The number of aromatic nitrogens is 1. The van der Waals surface area contributed by atoms with Crippen molar-refractivity contribution in [2.45, 2.75) is 6.54 Å². The third-order valence-corrected chi connectivity index (χ3v) is 4.16. The van der Waals surface area contributed by atoms with Crippen LogP contribution in [-0.4, -0.2) is 23.7 Å². The smallest absolute Gasteiger partial charge is 0.251 e. The van der Waals surface area contributed by atoms with E-state index >= 15 is 0 Å². The number of methoxy groups -OCH3 is 1. The van der Waals surface area contributed by atoms with E-state index in [0.717, 1.165) is 11.1 Å². The van der Waals surface area contributed by atoms with Crippen LogP contribution in [0.25, 0.3) is 0 Å². The minimum absolute atomic E-state index is 0.210. The van der Waals surface area contributed by atoms with E-state index in [4.69, 9.17) is 15.9 Å². The van der Waals surface area contributed by atoms with Gasteiger partial charge in [0.25, 0.3) is 5.91 Å². The number of hydrogen-bond acceptors (Lipinski definition) is 4. The van der Waals surface area contributed by atoms with E-state index in [-0.39, 0.29) is 5.91 Å². The molecule has 3 rings (SSSR count). The molecule has 5 N–H and O–H groups in total. The highest BCUT2D eigenvalue weighted by atomic mass is 16.5. The standard InChI is InChI=1S/C21H20N4O2/c1-27-17-6-2-5-15(10-17)20(23)18-11-16(7-8-19(18)22)21(26)25-13-14-4-3-9-24-12-14/h2-12,23H,13,22H2,1H3,(H,25,26)/p+1. The lowest BCUT2D eigenvalue weighted by atomic mass is 9.98. The molecule has 0 spiro atoms. The van der Waals surface area contributed by atoms with Gasteiger partial charge in [-0.05, 0) is 48.0 Å². The number of pyridine rings is 1. The van der Waals surface area contributed by atoms with Gasteiger partial charge in [-0.3, -0.25) is 15.2 Å². The highest BCUT2D eigenvalue weighted by molar-refractivity contribution is 6.13. The van der Waals surface area contributed by atoms with E-state index in [1.54, 1.807) is 37.7 Å². The number of nitrogens with zero attached hydrogens (tertiary/aromatic N) is 1. The van der Waals surface area contributed by atoms with Gasteiger partial charge >= 0.3 is 0 Å². The first-order valence-electron chi connectivity index (χ1n) is 8.42. The average molecular weight is 361 g/mol. The number of carbonyl (C=O) groups excluding carboxylic acids is 1. The quantitative estimate of drug-likeness (QED) is 0.453. The van der Waals surface area contributed by atoms with Crippen LogP contribution in [0.2, 0.25) is 0 Å². The number of nitrogen functional groups attached to an aromatic ring is 1. The first-order chi connectivity index (χ1) is 13.1. The molecule has 1 heterocycles. The Morgan fingerprint density at radius 3 is 2.74 bits per heavy atom. The molecule has 0 aliphatic carbocycles. The van der Waals surface area contributed by atoms with Crippen LogP contribution in [-0.2, 0) is 6.54 Å². The second-order valence-corrected chi connectivity index (χ2v) is 5.99. The Bertz CT molecular complexity index is 971. The molecule has 0 radical (unpaired) electrons. The monoisotopic (exact) mass is 361 g/mol. The van der Waals surface area contributed by atoms with Crippen molar-refractivity contribution in [2.24, 2.45) is 0 Å². The van der Waals surface area contributed by atoms with Crippen molar-refractivity contribution in [1.29, 1.82) is 0 Å². The topological polar surface area (TPSA) is 103 Å². The summed E-state index contributed by atoms with van der Waals surface area (Å²) in [5.41, 5.74) is 9.85. The lowest BCUT2D eigenvalue weighted by Crippen LogP contribution is -2.41. The third kappa shape index (κ3) is 4.30. The number of anilines is 1. The SMILES string of the molecule is COc1cccc(C(=[NH2+])c2cc(C(=O)NCc3cccnc3)ccc2N)c1. The molecule has 0 fully saturated rings. The van der Waals surface area contributed by atoms with Crippen LogP contribution in [0.5, 0.6) is 5.75 Å². The van der Waals surface area contributed by atoms with E-state index in [2.05, 4.69) is 10.3 Å². The van der Waals surface area contributed by atoms with Gasteiger partial charge in [0.2, 0.25) is 5.71 Å². The van der Waals surface area contributed by atoms with Crippen molar-refractivity contribution in [3.63, 3.8) is 0 Å². The number of hydrogen-bond donors (Lipinski definition) is 3. The number of ether oxygens (including phenoxy) is 1. The van der Waals surface area contributed by atoms with Crippen LogP contribution in [0.3, 0.4) is 0 Å². The Labute approximate surface area is 157 Å². The molecule has 0 aliphatic rings. The number of carbonyl (C=O) groups is 1. The van der Waals surface area contributed by atoms with Crippen molar-refractivity contribution in [1.82, 2.24) is 10.3 Å². The molecule has 136 valence electrons. The maximum atomic E-state index is 12.5. The Morgan fingerprint density at radius 1 is 1.15 bits per heavy atom. The van der Waals surface area contributed by atoms with Crippen molar-refractivity contribution >= 4 is 17.3 Å². The molecule has 0 saturated heterocycles. The van der Waals surface area contributed by atoms with E-state index in [0.29, 0.717) is 34.8 Å². The van der Waals surface area contributed by atoms with Gasteiger partial charge in [0.05, 0.1) is 12.7 Å². The number of nitrogens with one attached hydrogen (secondary N) is 1. The van der Waals surface area contributed by atoms with E-state index in [1.807, 2.05) is 36.4 Å². The average Bonchev–Trinajstić information content (AvgIpc) is 2.72. The van der Waals surface area contributed by atoms with Gasteiger partial charge in [0, 0.05) is 35.8 Å². The molecule has 27 heavy (non-hydrogen) atoms. The summed E-state index contributed by atoms with van der Waals surface area (Å²) in [7, 11) is 1.59. The molecule has 2 aromatic carbocycles. The Morgan fingerprint density at radius 2 is 2.00 bits per heavy atom. The zero-order chi connectivity index (χ0) is 19.2. The zero-order valence-corrected chi connectivity index (χ0v) is 15.0. The molecule has 1 aromatic heterocycles. The summed E-state index contributed by atoms with van der Waals surface area (Å²) >= 11 is 0. The third-order valence-electron chi connectivity index (χ3n) is 4.16. The summed E-state index contributed by atoms with van der Waals surface area (Å²) in [4.78, 5) is 16.5. The van der Waals surface area contributed by atoms with Crippen molar-refractivity contribution in [2.75, 3.05) is 12.8 Å². The molecular formula is C21H21N4O2+. The molecule has 0 atom stereocenters. The lowest BCUT2D eigenvalue weighted by Gasteiger charge is -2.09. The van der Waals surface area contributed by atoms with Crippen LogP contribution in [0.1, 0.15) is 27.0 Å². The summed E-state index contributed by atoms with van der Waals surface area (Å²) in [5, 5.41) is 9.18. The summed E-state index contributed by atoms with van der Waals surface area (Å²) in [6, 6.07) is 16.2. The molecule has 0 aliphatic heterocycles. The van der Waals surface area contributed by atoms with Crippen LogP contribution >= 0.6 is 0 Å². The fraction of sp³-hybridized carbons (Fsp3) is 0.0952. The molecule has 3 aromatic rings. The largest absolute Gasteiger partial charge is 0.497 e. The van der Waals surface area contributed by atoms with Crippen molar-refractivity contribution < 1.29 is 14.9 Å². The predicted molar refractivity (Wildman–Crippen MR) is 104 cm³/mol. The number of rotatable bonds is 6. The number of amides is 1. The summed E-state index contributed by atoms with van der Waals surface area (Å²) in [6.45, 7) is 0.390. The fourth-order valence-corrected chi connectivity index (χ4v) is 2.66. The van der Waals surface area contributed by atoms with Crippen molar-refractivity contribution in [3.8, 4) is 5.75 Å². The van der Waals surface area contributed by atoms with Gasteiger partial charge in [-0.25, -0.2) is 0 Å². The molecule has 1 amide bonds. The van der Waals surface area contributed by atoms with E-state index in [1.165, 1.54) is 0 Å². The highest BCUT2D eigenvalue weighted by Crippen LogP contribution is 2.20. The van der Waals surface area contributed by atoms with Gasteiger partial charge in [-0.15, -0.1) is 0 Å². The Hall–Kier alpha value is -3.67. The minimum Gasteiger partial charge on any atom is -0.497 e. The van der Waals surface area contributed by atoms with Gasteiger partial charge in [-0.1, -0.05) is 12.1 Å². The second kappa shape index (κ2) is 8.14.